The molecule has 1 N–H and O–H groups in total. The Labute approximate surface area is 121 Å². The Kier molecular flexibility index (Phi) is 4.34. The number of tetrazole rings is 1. The van der Waals surface area contributed by atoms with Crippen LogP contribution in [0.25, 0.3) is 11.4 Å². The van der Waals surface area contributed by atoms with Gasteiger partial charge in [0.15, 0.2) is 11.9 Å². The summed E-state index contributed by atoms with van der Waals surface area (Å²) in [5.41, 5.74) is 0.731. The highest BCUT2D eigenvalue weighted by atomic mass is 35.5. The number of aliphatic carboxylic acids is 1. The summed E-state index contributed by atoms with van der Waals surface area (Å²) in [6.07, 6.45) is 0.719. The van der Waals surface area contributed by atoms with Gasteiger partial charge < -0.3 is 5.11 Å². The van der Waals surface area contributed by atoms with Crippen LogP contribution in [-0.2, 0) is 4.79 Å². The molecule has 1 aromatic carbocycles. The molecule has 1 aromatic heterocycles. The molecule has 0 aliphatic heterocycles. The molecule has 6 nitrogen and oxygen atoms in total. The van der Waals surface area contributed by atoms with E-state index in [0.717, 1.165) is 12.0 Å². The Morgan fingerprint density at radius 2 is 2.05 bits per heavy atom. The van der Waals surface area contributed by atoms with Gasteiger partial charge in [0, 0.05) is 10.6 Å². The molecule has 2 unspecified atom stereocenters. The molecule has 0 saturated carbocycles. The Bertz CT molecular complexity index is 597. The number of benzene rings is 1. The predicted molar refractivity (Wildman–Crippen MR) is 74.4 cm³/mol. The van der Waals surface area contributed by atoms with Gasteiger partial charge in [0.05, 0.1) is 0 Å². The highest BCUT2D eigenvalue weighted by Gasteiger charge is 2.29. The second-order valence-corrected chi connectivity index (χ2v) is 5.06. The van der Waals surface area contributed by atoms with E-state index in [2.05, 4.69) is 15.5 Å². The van der Waals surface area contributed by atoms with Crippen LogP contribution in [0, 0.1) is 5.92 Å². The van der Waals surface area contributed by atoms with Crippen molar-refractivity contribution in [2.75, 3.05) is 0 Å². The third kappa shape index (κ3) is 2.80. The molecular formula is C13H15ClN4O2. The summed E-state index contributed by atoms with van der Waals surface area (Å²) in [4.78, 5) is 11.5. The fraction of sp³-hybridized carbons (Fsp3) is 0.385. The number of hydrogen-bond acceptors (Lipinski definition) is 4. The molecule has 2 aromatic rings. The molecule has 0 spiro atoms. The van der Waals surface area contributed by atoms with Crippen LogP contribution in [0.2, 0.25) is 5.02 Å². The number of nitrogens with zero attached hydrogens (tertiary/aromatic N) is 4. The SMILES string of the molecule is CCC(C)C(C(=O)O)n1nnnc1-c1ccc(Cl)cc1. The first-order chi connectivity index (χ1) is 9.54. The molecule has 0 amide bonds. The predicted octanol–water partition coefficient (Wildman–Crippen LogP) is 2.67. The van der Waals surface area contributed by atoms with Crippen LogP contribution >= 0.6 is 11.6 Å². The summed E-state index contributed by atoms with van der Waals surface area (Å²) >= 11 is 5.85. The van der Waals surface area contributed by atoms with Gasteiger partial charge in [-0.2, -0.15) is 0 Å². The number of halogens is 1. The maximum absolute atomic E-state index is 11.5. The molecule has 2 atom stereocenters. The van der Waals surface area contributed by atoms with Crippen molar-refractivity contribution in [3.63, 3.8) is 0 Å². The van der Waals surface area contributed by atoms with E-state index in [9.17, 15) is 9.90 Å². The third-order valence-electron chi connectivity index (χ3n) is 3.29. The fourth-order valence-corrected chi connectivity index (χ4v) is 2.11. The van der Waals surface area contributed by atoms with Gasteiger partial charge in [-0.15, -0.1) is 5.10 Å². The maximum Gasteiger partial charge on any atom is 0.328 e. The average molecular weight is 295 g/mol. The van der Waals surface area contributed by atoms with Crippen molar-refractivity contribution < 1.29 is 9.90 Å². The zero-order valence-electron chi connectivity index (χ0n) is 11.2. The molecule has 20 heavy (non-hydrogen) atoms. The van der Waals surface area contributed by atoms with Gasteiger partial charge in [-0.05, 0) is 40.6 Å². The van der Waals surface area contributed by atoms with Crippen LogP contribution in [0.5, 0.6) is 0 Å². The Balaban J connectivity index is 2.45. The molecule has 2 rings (SSSR count). The first-order valence-corrected chi connectivity index (χ1v) is 6.69. The normalized spacial score (nSPS) is 13.9. The molecule has 0 aliphatic carbocycles. The summed E-state index contributed by atoms with van der Waals surface area (Å²) in [5, 5.41) is 21.4. The lowest BCUT2D eigenvalue weighted by atomic mass is 9.99. The molecular weight excluding hydrogens is 280 g/mol. The summed E-state index contributed by atoms with van der Waals surface area (Å²) in [5.74, 6) is -0.599. The minimum absolute atomic E-state index is 0.0814. The summed E-state index contributed by atoms with van der Waals surface area (Å²) in [6.45, 7) is 3.80. The van der Waals surface area contributed by atoms with E-state index in [1.54, 1.807) is 24.3 Å². The molecule has 0 saturated heterocycles. The number of carboxylic acid groups (broad SMARTS) is 1. The largest absolute Gasteiger partial charge is 0.480 e. The molecule has 0 radical (unpaired) electrons. The number of aromatic nitrogens is 4. The molecule has 106 valence electrons. The quantitative estimate of drug-likeness (QED) is 0.917. The van der Waals surface area contributed by atoms with Crippen molar-refractivity contribution in [3.05, 3.63) is 29.3 Å². The lowest BCUT2D eigenvalue weighted by molar-refractivity contribution is -0.142. The van der Waals surface area contributed by atoms with Crippen LogP contribution < -0.4 is 0 Å². The monoisotopic (exact) mass is 294 g/mol. The lowest BCUT2D eigenvalue weighted by Crippen LogP contribution is -2.27. The zero-order chi connectivity index (χ0) is 14.7. The number of hydrogen-bond donors (Lipinski definition) is 1. The van der Waals surface area contributed by atoms with Crippen molar-refractivity contribution in [2.45, 2.75) is 26.3 Å². The molecule has 1 heterocycles. The highest BCUT2D eigenvalue weighted by Crippen LogP contribution is 2.26. The van der Waals surface area contributed by atoms with E-state index in [1.807, 2.05) is 13.8 Å². The maximum atomic E-state index is 11.5. The second kappa shape index (κ2) is 6.00. The Morgan fingerprint density at radius 3 is 2.60 bits per heavy atom. The zero-order valence-corrected chi connectivity index (χ0v) is 11.9. The van der Waals surface area contributed by atoms with E-state index < -0.39 is 12.0 Å². The topological polar surface area (TPSA) is 80.9 Å². The molecule has 0 aliphatic rings. The fourth-order valence-electron chi connectivity index (χ4n) is 1.98. The summed E-state index contributed by atoms with van der Waals surface area (Å²) in [6, 6.07) is 6.17. The molecule has 7 heteroatoms. The average Bonchev–Trinajstić information content (AvgIpc) is 2.88. The van der Waals surface area contributed by atoms with Crippen molar-refractivity contribution in [1.29, 1.82) is 0 Å². The lowest BCUT2D eigenvalue weighted by Gasteiger charge is -2.19. The third-order valence-corrected chi connectivity index (χ3v) is 3.55. The second-order valence-electron chi connectivity index (χ2n) is 4.62. The highest BCUT2D eigenvalue weighted by molar-refractivity contribution is 6.30. The smallest absolute Gasteiger partial charge is 0.328 e. The summed E-state index contributed by atoms with van der Waals surface area (Å²) < 4.78 is 1.36. The van der Waals surface area contributed by atoms with Crippen LogP contribution in [-0.4, -0.2) is 31.3 Å². The van der Waals surface area contributed by atoms with Crippen molar-refractivity contribution in [3.8, 4) is 11.4 Å². The van der Waals surface area contributed by atoms with Crippen molar-refractivity contribution in [1.82, 2.24) is 20.2 Å². The number of carboxylic acids is 1. The number of rotatable bonds is 5. The van der Waals surface area contributed by atoms with Gasteiger partial charge >= 0.3 is 5.97 Å². The van der Waals surface area contributed by atoms with Gasteiger partial charge in [0.25, 0.3) is 0 Å². The van der Waals surface area contributed by atoms with Crippen LogP contribution in [0.4, 0.5) is 0 Å². The van der Waals surface area contributed by atoms with Crippen LogP contribution in [0.1, 0.15) is 26.3 Å². The van der Waals surface area contributed by atoms with E-state index in [1.165, 1.54) is 4.68 Å². The Hall–Kier alpha value is -1.95. The van der Waals surface area contributed by atoms with E-state index in [0.29, 0.717) is 10.8 Å². The van der Waals surface area contributed by atoms with Crippen LogP contribution in [0.15, 0.2) is 24.3 Å². The van der Waals surface area contributed by atoms with Gasteiger partial charge in [-0.25, -0.2) is 9.48 Å². The first kappa shape index (κ1) is 14.5. The van der Waals surface area contributed by atoms with E-state index in [4.69, 9.17) is 11.6 Å². The standard InChI is InChI=1S/C13H15ClN4O2/c1-3-8(2)11(13(19)20)18-12(15-16-17-18)9-4-6-10(14)7-5-9/h4-8,11H,3H2,1-2H3,(H,19,20). The van der Waals surface area contributed by atoms with Crippen molar-refractivity contribution >= 4 is 17.6 Å². The summed E-state index contributed by atoms with van der Waals surface area (Å²) in [7, 11) is 0. The van der Waals surface area contributed by atoms with Gasteiger partial charge in [-0.1, -0.05) is 31.9 Å². The van der Waals surface area contributed by atoms with Crippen LogP contribution in [0.3, 0.4) is 0 Å². The Morgan fingerprint density at radius 1 is 1.40 bits per heavy atom. The van der Waals surface area contributed by atoms with E-state index >= 15 is 0 Å². The molecule has 0 fully saturated rings. The minimum atomic E-state index is -0.943. The van der Waals surface area contributed by atoms with Gasteiger partial charge in [-0.3, -0.25) is 0 Å². The van der Waals surface area contributed by atoms with Gasteiger partial charge in [0.1, 0.15) is 0 Å². The minimum Gasteiger partial charge on any atom is -0.480 e. The van der Waals surface area contributed by atoms with Gasteiger partial charge in [0.2, 0.25) is 0 Å². The first-order valence-electron chi connectivity index (χ1n) is 6.31. The molecule has 0 bridgehead atoms. The number of carbonyl (C=O) groups is 1. The van der Waals surface area contributed by atoms with Crippen molar-refractivity contribution in [2.24, 2.45) is 5.92 Å². The van der Waals surface area contributed by atoms with E-state index in [-0.39, 0.29) is 5.92 Å².